The predicted octanol–water partition coefficient (Wildman–Crippen LogP) is 3.19. The Balaban J connectivity index is 2.25. The fourth-order valence-corrected chi connectivity index (χ4v) is 1.68. The predicted molar refractivity (Wildman–Crippen MR) is 72.5 cm³/mol. The van der Waals surface area contributed by atoms with Crippen LogP contribution in [0.5, 0.6) is 5.75 Å². The van der Waals surface area contributed by atoms with Crippen LogP contribution in [0, 0.1) is 0 Å². The number of carboxylic acids is 1. The van der Waals surface area contributed by atoms with Crippen molar-refractivity contribution in [3.8, 4) is 5.75 Å². The smallest absolute Gasteiger partial charge is 0.337 e. The van der Waals surface area contributed by atoms with E-state index in [4.69, 9.17) is 21.4 Å². The lowest BCUT2D eigenvalue weighted by Gasteiger charge is -2.10. The highest BCUT2D eigenvalue weighted by Gasteiger charge is 2.06. The second-order valence-corrected chi connectivity index (χ2v) is 4.14. The minimum atomic E-state index is -1.01. The zero-order valence-corrected chi connectivity index (χ0v) is 10.8. The number of halogens is 1. The minimum absolute atomic E-state index is 0.128. The highest BCUT2D eigenvalue weighted by atomic mass is 35.5. The first-order valence-electron chi connectivity index (χ1n) is 5.40. The van der Waals surface area contributed by atoms with E-state index in [2.05, 4.69) is 10.3 Å². The summed E-state index contributed by atoms with van der Waals surface area (Å²) in [5, 5.41) is 12.4. The van der Waals surface area contributed by atoms with Crippen LogP contribution < -0.4 is 10.1 Å². The Hall–Kier alpha value is -2.27. The highest BCUT2D eigenvalue weighted by Crippen LogP contribution is 2.29. The number of pyridine rings is 1. The van der Waals surface area contributed by atoms with Crippen molar-refractivity contribution in [2.24, 2.45) is 0 Å². The monoisotopic (exact) mass is 278 g/mol. The van der Waals surface area contributed by atoms with Gasteiger partial charge in [0.2, 0.25) is 0 Å². The van der Waals surface area contributed by atoms with Gasteiger partial charge in [0.05, 0.1) is 18.4 Å². The van der Waals surface area contributed by atoms with Crippen LogP contribution in [0.4, 0.5) is 11.5 Å². The third-order valence-electron chi connectivity index (χ3n) is 2.43. The minimum Gasteiger partial charge on any atom is -0.495 e. The van der Waals surface area contributed by atoms with Crippen LogP contribution in [0.25, 0.3) is 0 Å². The number of carbonyl (C=O) groups is 1. The number of nitrogens with zero attached hydrogens (tertiary/aromatic N) is 1. The molecule has 5 nitrogen and oxygen atoms in total. The first-order valence-corrected chi connectivity index (χ1v) is 5.78. The van der Waals surface area contributed by atoms with Crippen LogP contribution in [0.2, 0.25) is 5.02 Å². The average Bonchev–Trinajstić information content (AvgIpc) is 2.39. The molecular formula is C13H11ClN2O3. The van der Waals surface area contributed by atoms with E-state index in [1.807, 2.05) is 0 Å². The Bertz CT molecular complexity index is 599. The molecule has 98 valence electrons. The van der Waals surface area contributed by atoms with E-state index in [1.54, 1.807) is 31.4 Å². The van der Waals surface area contributed by atoms with Gasteiger partial charge in [-0.1, -0.05) is 11.6 Å². The van der Waals surface area contributed by atoms with Crippen LogP contribution in [0.15, 0.2) is 36.5 Å². The maximum Gasteiger partial charge on any atom is 0.337 e. The van der Waals surface area contributed by atoms with Crippen LogP contribution in [-0.2, 0) is 0 Å². The molecule has 0 aliphatic heterocycles. The van der Waals surface area contributed by atoms with Gasteiger partial charge in [-0.05, 0) is 30.3 Å². The molecule has 19 heavy (non-hydrogen) atoms. The molecule has 0 aliphatic rings. The molecule has 0 bridgehead atoms. The van der Waals surface area contributed by atoms with Crippen LogP contribution in [0.3, 0.4) is 0 Å². The van der Waals surface area contributed by atoms with Gasteiger partial charge in [-0.15, -0.1) is 0 Å². The van der Waals surface area contributed by atoms with E-state index in [-0.39, 0.29) is 5.56 Å². The molecule has 2 rings (SSSR count). The first-order chi connectivity index (χ1) is 9.10. The number of benzene rings is 1. The molecule has 0 amide bonds. The number of anilines is 2. The molecule has 1 aromatic carbocycles. The van der Waals surface area contributed by atoms with Gasteiger partial charge in [-0.25, -0.2) is 9.78 Å². The third-order valence-corrected chi connectivity index (χ3v) is 2.67. The summed E-state index contributed by atoms with van der Waals surface area (Å²) in [6.07, 6.45) is 1.28. The molecule has 0 unspecified atom stereocenters. The Morgan fingerprint density at radius 2 is 2.16 bits per heavy atom. The quantitative estimate of drug-likeness (QED) is 0.899. The Morgan fingerprint density at radius 3 is 2.74 bits per heavy atom. The average molecular weight is 279 g/mol. The molecule has 0 atom stereocenters. The molecule has 1 heterocycles. The zero-order chi connectivity index (χ0) is 13.8. The molecular weight excluding hydrogens is 268 g/mol. The molecule has 0 radical (unpaired) electrons. The van der Waals surface area contributed by atoms with Gasteiger partial charge in [0, 0.05) is 11.2 Å². The number of aromatic carboxylic acids is 1. The van der Waals surface area contributed by atoms with Crippen molar-refractivity contribution in [3.63, 3.8) is 0 Å². The number of carboxylic acid groups (broad SMARTS) is 1. The van der Waals surface area contributed by atoms with Gasteiger partial charge in [-0.3, -0.25) is 0 Å². The van der Waals surface area contributed by atoms with E-state index in [9.17, 15) is 4.79 Å². The van der Waals surface area contributed by atoms with Crippen LogP contribution >= 0.6 is 11.6 Å². The van der Waals surface area contributed by atoms with Crippen molar-refractivity contribution in [2.45, 2.75) is 0 Å². The lowest BCUT2D eigenvalue weighted by molar-refractivity contribution is 0.0696. The highest BCUT2D eigenvalue weighted by molar-refractivity contribution is 6.31. The van der Waals surface area contributed by atoms with Gasteiger partial charge in [0.15, 0.2) is 0 Å². The second-order valence-electron chi connectivity index (χ2n) is 3.71. The Kier molecular flexibility index (Phi) is 3.87. The lowest BCUT2D eigenvalue weighted by Crippen LogP contribution is -2.00. The van der Waals surface area contributed by atoms with E-state index >= 15 is 0 Å². The second kappa shape index (κ2) is 5.58. The molecule has 0 aliphatic carbocycles. The summed E-state index contributed by atoms with van der Waals surface area (Å²) >= 11 is 5.91. The van der Waals surface area contributed by atoms with E-state index < -0.39 is 5.97 Å². The summed E-state index contributed by atoms with van der Waals surface area (Å²) in [7, 11) is 1.55. The van der Waals surface area contributed by atoms with Crippen LogP contribution in [0.1, 0.15) is 10.4 Å². The number of ether oxygens (including phenoxy) is 1. The normalized spacial score (nSPS) is 10.0. The topological polar surface area (TPSA) is 71.5 Å². The first kappa shape index (κ1) is 13.2. The molecule has 1 aromatic heterocycles. The summed E-state index contributed by atoms with van der Waals surface area (Å²) in [6.45, 7) is 0. The molecule has 2 N–H and O–H groups in total. The van der Waals surface area contributed by atoms with Gasteiger partial charge in [0.25, 0.3) is 0 Å². The molecule has 0 saturated heterocycles. The van der Waals surface area contributed by atoms with Gasteiger partial charge in [0.1, 0.15) is 11.6 Å². The van der Waals surface area contributed by atoms with Gasteiger partial charge >= 0.3 is 5.97 Å². The number of hydrogen-bond donors (Lipinski definition) is 2. The number of methoxy groups -OCH3 is 1. The molecule has 6 heteroatoms. The van der Waals surface area contributed by atoms with E-state index in [1.165, 1.54) is 12.3 Å². The number of rotatable bonds is 4. The lowest BCUT2D eigenvalue weighted by atomic mass is 10.2. The summed E-state index contributed by atoms with van der Waals surface area (Å²) in [5.74, 6) is 0.110. The summed E-state index contributed by atoms with van der Waals surface area (Å²) < 4.78 is 5.19. The summed E-state index contributed by atoms with van der Waals surface area (Å²) in [4.78, 5) is 14.7. The largest absolute Gasteiger partial charge is 0.495 e. The van der Waals surface area contributed by atoms with Gasteiger partial charge < -0.3 is 15.2 Å². The Labute approximate surface area is 114 Å². The maximum atomic E-state index is 10.7. The fourth-order valence-electron chi connectivity index (χ4n) is 1.51. The number of aromatic nitrogens is 1. The van der Waals surface area contributed by atoms with Crippen molar-refractivity contribution >= 4 is 29.1 Å². The van der Waals surface area contributed by atoms with Crippen molar-refractivity contribution in [3.05, 3.63) is 47.1 Å². The zero-order valence-electron chi connectivity index (χ0n) is 10.1. The van der Waals surface area contributed by atoms with Crippen molar-refractivity contribution in [1.29, 1.82) is 0 Å². The SMILES string of the molecule is COc1ccc(Cl)cc1Nc1ccc(C(=O)O)cn1. The summed E-state index contributed by atoms with van der Waals surface area (Å²) in [6, 6.07) is 8.19. The standard InChI is InChI=1S/C13H11ClN2O3/c1-19-11-4-3-9(14)6-10(11)16-12-5-2-8(7-15-12)13(17)18/h2-7H,1H3,(H,15,16)(H,17,18). The van der Waals surface area contributed by atoms with E-state index in [0.717, 1.165) is 0 Å². The van der Waals surface area contributed by atoms with Crippen molar-refractivity contribution in [2.75, 3.05) is 12.4 Å². The maximum absolute atomic E-state index is 10.7. The van der Waals surface area contributed by atoms with Crippen molar-refractivity contribution < 1.29 is 14.6 Å². The number of nitrogens with one attached hydrogen (secondary N) is 1. The van der Waals surface area contributed by atoms with Crippen molar-refractivity contribution in [1.82, 2.24) is 4.98 Å². The summed E-state index contributed by atoms with van der Waals surface area (Å²) in [5.41, 5.74) is 0.786. The third kappa shape index (κ3) is 3.14. The Morgan fingerprint density at radius 1 is 1.37 bits per heavy atom. The molecule has 2 aromatic rings. The molecule has 0 saturated carbocycles. The fraction of sp³-hybridized carbons (Fsp3) is 0.0769. The van der Waals surface area contributed by atoms with E-state index in [0.29, 0.717) is 22.3 Å². The van der Waals surface area contributed by atoms with Crippen LogP contribution in [-0.4, -0.2) is 23.2 Å². The molecule has 0 spiro atoms. The molecule has 0 fully saturated rings. The van der Waals surface area contributed by atoms with Gasteiger partial charge in [-0.2, -0.15) is 0 Å². The number of hydrogen-bond acceptors (Lipinski definition) is 4.